The minimum absolute atomic E-state index is 0.00329. The van der Waals surface area contributed by atoms with Gasteiger partial charge in [0.05, 0.1) is 0 Å². The fourth-order valence-electron chi connectivity index (χ4n) is 2.17. The number of esters is 2. The molecular formula is C19H23ClN2O4. The number of carbonyl (C=O) groups excluding carboxylic acids is 2. The summed E-state index contributed by atoms with van der Waals surface area (Å²) in [5.41, 5.74) is -0.973. The largest absolute Gasteiger partial charge is 0.455 e. The molecule has 0 saturated heterocycles. The summed E-state index contributed by atoms with van der Waals surface area (Å²) in [6.45, 7) is 10.5. The summed E-state index contributed by atoms with van der Waals surface area (Å²) < 4.78 is 12.3. The lowest BCUT2D eigenvalue weighted by Crippen LogP contribution is -2.29. The third kappa shape index (κ3) is 5.08. The van der Waals surface area contributed by atoms with Crippen LogP contribution >= 0.6 is 11.6 Å². The van der Waals surface area contributed by atoms with Gasteiger partial charge < -0.3 is 9.47 Å². The normalized spacial score (nSPS) is 12.0. The van der Waals surface area contributed by atoms with Gasteiger partial charge in [-0.3, -0.25) is 4.57 Å². The molecule has 0 radical (unpaired) electrons. The Balaban J connectivity index is 2.56. The van der Waals surface area contributed by atoms with Crippen LogP contribution in [-0.4, -0.2) is 32.7 Å². The number of nitrogens with zero attached hydrogens (tertiary/aromatic N) is 2. The average molecular weight is 379 g/mol. The molecule has 0 aliphatic carbocycles. The lowest BCUT2D eigenvalue weighted by Gasteiger charge is -2.21. The molecule has 140 valence electrons. The van der Waals surface area contributed by atoms with E-state index < -0.39 is 23.1 Å². The van der Waals surface area contributed by atoms with E-state index in [1.54, 1.807) is 65.8 Å². The predicted octanol–water partition coefficient (Wildman–Crippen LogP) is 4.44. The van der Waals surface area contributed by atoms with E-state index in [9.17, 15) is 9.59 Å². The lowest BCUT2D eigenvalue weighted by molar-refractivity contribution is 0.000944. The first kappa shape index (κ1) is 20.0. The molecule has 0 fully saturated rings. The molecule has 0 bridgehead atoms. The Bertz CT molecular complexity index is 829. The highest BCUT2D eigenvalue weighted by atomic mass is 35.5. The lowest BCUT2D eigenvalue weighted by atomic mass is 10.2. The zero-order valence-electron chi connectivity index (χ0n) is 15.8. The van der Waals surface area contributed by atoms with E-state index in [1.807, 2.05) is 0 Å². The highest BCUT2D eigenvalue weighted by Gasteiger charge is 2.31. The molecule has 1 heterocycles. The van der Waals surface area contributed by atoms with Gasteiger partial charge >= 0.3 is 11.9 Å². The quantitative estimate of drug-likeness (QED) is 0.738. The number of aromatic nitrogens is 2. The summed E-state index contributed by atoms with van der Waals surface area (Å²) in [5, 5.41) is 0.491. The second-order valence-electron chi connectivity index (χ2n) is 7.80. The van der Waals surface area contributed by atoms with Crippen LogP contribution in [0, 0.1) is 0 Å². The first-order valence-corrected chi connectivity index (χ1v) is 8.55. The standard InChI is InChI=1S/C19H23ClN2O4/c1-18(2,3)25-16(23)14-15(17(24)26-19(4,5)6)22(11-21-14)13-9-7-8-12(20)10-13/h7-11H,1-6H3. The van der Waals surface area contributed by atoms with Crippen molar-refractivity contribution in [1.82, 2.24) is 9.55 Å². The SMILES string of the molecule is CC(C)(C)OC(=O)c1ncn(-c2cccc(Cl)c2)c1C(=O)OC(C)(C)C. The monoisotopic (exact) mass is 378 g/mol. The summed E-state index contributed by atoms with van der Waals surface area (Å²) in [6.07, 6.45) is 1.38. The third-order valence-electron chi connectivity index (χ3n) is 3.04. The highest BCUT2D eigenvalue weighted by Crippen LogP contribution is 2.23. The zero-order chi connectivity index (χ0) is 19.7. The maximum Gasteiger partial charge on any atom is 0.360 e. The van der Waals surface area contributed by atoms with E-state index in [1.165, 1.54) is 10.9 Å². The minimum atomic E-state index is -0.730. The summed E-state index contributed by atoms with van der Waals surface area (Å²) in [7, 11) is 0. The molecule has 26 heavy (non-hydrogen) atoms. The molecule has 0 N–H and O–H groups in total. The van der Waals surface area contributed by atoms with Gasteiger partial charge in [-0.1, -0.05) is 17.7 Å². The van der Waals surface area contributed by atoms with Crippen LogP contribution in [0.4, 0.5) is 0 Å². The molecule has 0 aliphatic rings. The fourth-order valence-corrected chi connectivity index (χ4v) is 2.35. The van der Waals surface area contributed by atoms with Crippen molar-refractivity contribution in [3.8, 4) is 5.69 Å². The van der Waals surface area contributed by atoms with Gasteiger partial charge in [-0.25, -0.2) is 14.6 Å². The molecule has 2 rings (SSSR count). The summed E-state index contributed by atoms with van der Waals surface area (Å²) >= 11 is 6.05. The van der Waals surface area contributed by atoms with Gasteiger partial charge in [0.1, 0.15) is 17.5 Å². The maximum atomic E-state index is 12.8. The van der Waals surface area contributed by atoms with Crippen molar-refractivity contribution in [3.63, 3.8) is 0 Å². The Morgan fingerprint density at radius 3 is 2.12 bits per heavy atom. The average Bonchev–Trinajstić information content (AvgIpc) is 2.88. The number of hydrogen-bond donors (Lipinski definition) is 0. The van der Waals surface area contributed by atoms with E-state index in [4.69, 9.17) is 21.1 Å². The van der Waals surface area contributed by atoms with Crippen LogP contribution in [0.5, 0.6) is 0 Å². The van der Waals surface area contributed by atoms with Crippen molar-refractivity contribution < 1.29 is 19.1 Å². The van der Waals surface area contributed by atoms with Gasteiger partial charge in [-0.2, -0.15) is 0 Å². The summed E-state index contributed by atoms with van der Waals surface area (Å²) in [5.74, 6) is -1.37. The fraction of sp³-hybridized carbons (Fsp3) is 0.421. The van der Waals surface area contributed by atoms with E-state index in [0.717, 1.165) is 0 Å². The molecule has 1 aromatic carbocycles. The third-order valence-corrected chi connectivity index (χ3v) is 3.27. The molecule has 0 saturated carbocycles. The Hall–Kier alpha value is -2.34. The molecular weight excluding hydrogens is 356 g/mol. The van der Waals surface area contributed by atoms with Crippen LogP contribution in [0.1, 0.15) is 62.5 Å². The van der Waals surface area contributed by atoms with E-state index in [2.05, 4.69) is 4.98 Å². The van der Waals surface area contributed by atoms with Crippen LogP contribution in [-0.2, 0) is 9.47 Å². The minimum Gasteiger partial charge on any atom is -0.455 e. The number of halogens is 1. The number of hydrogen-bond acceptors (Lipinski definition) is 5. The highest BCUT2D eigenvalue weighted by molar-refractivity contribution is 6.30. The second-order valence-corrected chi connectivity index (χ2v) is 8.23. The maximum absolute atomic E-state index is 12.8. The number of ether oxygens (including phenoxy) is 2. The number of rotatable bonds is 3. The van der Waals surface area contributed by atoms with Gasteiger partial charge in [0.25, 0.3) is 0 Å². The Labute approximate surface area is 158 Å². The van der Waals surface area contributed by atoms with E-state index >= 15 is 0 Å². The molecule has 1 aromatic heterocycles. The molecule has 7 heteroatoms. The molecule has 0 amide bonds. The van der Waals surface area contributed by atoms with Gasteiger partial charge in [-0.05, 0) is 59.7 Å². The molecule has 0 unspecified atom stereocenters. The van der Waals surface area contributed by atoms with Gasteiger partial charge in [-0.15, -0.1) is 0 Å². The molecule has 2 aromatic rings. The smallest absolute Gasteiger partial charge is 0.360 e. The van der Waals surface area contributed by atoms with Crippen LogP contribution < -0.4 is 0 Å². The number of imidazole rings is 1. The molecule has 0 atom stereocenters. The summed E-state index contributed by atoms with van der Waals surface area (Å²) in [4.78, 5) is 29.4. The van der Waals surface area contributed by atoms with Crippen LogP contribution in [0.25, 0.3) is 5.69 Å². The zero-order valence-corrected chi connectivity index (χ0v) is 16.5. The number of benzene rings is 1. The summed E-state index contributed by atoms with van der Waals surface area (Å²) in [6, 6.07) is 6.86. The van der Waals surface area contributed by atoms with Crippen LogP contribution in [0.15, 0.2) is 30.6 Å². The molecule has 0 aliphatic heterocycles. The van der Waals surface area contributed by atoms with Crippen LogP contribution in [0.3, 0.4) is 0 Å². The Morgan fingerprint density at radius 1 is 1.00 bits per heavy atom. The van der Waals surface area contributed by atoms with Crippen molar-refractivity contribution in [2.45, 2.75) is 52.7 Å². The van der Waals surface area contributed by atoms with E-state index in [0.29, 0.717) is 10.7 Å². The predicted molar refractivity (Wildman–Crippen MR) is 98.9 cm³/mol. The first-order chi connectivity index (χ1) is 11.9. The van der Waals surface area contributed by atoms with Crippen molar-refractivity contribution in [1.29, 1.82) is 0 Å². The van der Waals surface area contributed by atoms with Gasteiger partial charge in [0, 0.05) is 10.7 Å². The topological polar surface area (TPSA) is 70.4 Å². The molecule has 0 spiro atoms. The van der Waals surface area contributed by atoms with Crippen molar-refractivity contribution in [2.24, 2.45) is 0 Å². The van der Waals surface area contributed by atoms with Crippen LogP contribution in [0.2, 0.25) is 5.02 Å². The first-order valence-electron chi connectivity index (χ1n) is 8.17. The Morgan fingerprint density at radius 2 is 1.58 bits per heavy atom. The number of carbonyl (C=O) groups is 2. The molecule has 6 nitrogen and oxygen atoms in total. The van der Waals surface area contributed by atoms with Crippen molar-refractivity contribution in [2.75, 3.05) is 0 Å². The van der Waals surface area contributed by atoms with Crippen molar-refractivity contribution >= 4 is 23.5 Å². The second kappa shape index (κ2) is 7.11. The van der Waals surface area contributed by atoms with Gasteiger partial charge in [0.2, 0.25) is 0 Å². The Kier molecular flexibility index (Phi) is 5.47. The van der Waals surface area contributed by atoms with E-state index in [-0.39, 0.29) is 11.4 Å². The van der Waals surface area contributed by atoms with Gasteiger partial charge in [0.15, 0.2) is 11.4 Å². The van der Waals surface area contributed by atoms with Crippen molar-refractivity contribution in [3.05, 3.63) is 47.0 Å².